The van der Waals surface area contributed by atoms with Gasteiger partial charge in [-0.15, -0.1) is 0 Å². The first-order valence-electron chi connectivity index (χ1n) is 5.70. The van der Waals surface area contributed by atoms with Gasteiger partial charge in [-0.1, -0.05) is 6.07 Å². The molecule has 0 fully saturated rings. The van der Waals surface area contributed by atoms with Gasteiger partial charge in [0.2, 0.25) is 0 Å². The molecule has 3 nitrogen and oxygen atoms in total. The highest BCUT2D eigenvalue weighted by Gasteiger charge is 2.07. The number of hydrogen-bond acceptors (Lipinski definition) is 2. The molecule has 3 rings (SSSR count). The van der Waals surface area contributed by atoms with Crippen molar-refractivity contribution < 1.29 is 4.39 Å². The van der Waals surface area contributed by atoms with E-state index in [1.54, 1.807) is 18.3 Å². The first kappa shape index (κ1) is 10.9. The van der Waals surface area contributed by atoms with E-state index in [1.165, 1.54) is 6.07 Å². The Labute approximate surface area is 103 Å². The predicted molar refractivity (Wildman–Crippen MR) is 69.4 cm³/mol. The molecule has 3 aromatic rings. The number of H-pyrrole nitrogens is 1. The van der Waals surface area contributed by atoms with E-state index in [1.807, 2.05) is 18.2 Å². The van der Waals surface area contributed by atoms with Gasteiger partial charge in [0.25, 0.3) is 0 Å². The number of aromatic nitrogens is 2. The molecule has 90 valence electrons. The van der Waals surface area contributed by atoms with Crippen LogP contribution in [0.4, 0.5) is 4.39 Å². The molecule has 0 aliphatic heterocycles. The zero-order valence-electron chi connectivity index (χ0n) is 9.65. The first-order chi connectivity index (χ1) is 8.78. The van der Waals surface area contributed by atoms with Crippen molar-refractivity contribution in [2.45, 2.75) is 6.54 Å². The molecule has 4 heteroatoms. The summed E-state index contributed by atoms with van der Waals surface area (Å²) in [6, 6.07) is 10.5. The number of rotatable bonds is 2. The topological polar surface area (TPSA) is 54.7 Å². The van der Waals surface area contributed by atoms with Gasteiger partial charge in [-0.05, 0) is 35.9 Å². The van der Waals surface area contributed by atoms with E-state index in [2.05, 4.69) is 9.97 Å². The SMILES string of the molecule is NCc1ccnc(-c2cc3c(F)cccc3[nH]2)c1. The number of nitrogens with one attached hydrogen (secondary N) is 1. The summed E-state index contributed by atoms with van der Waals surface area (Å²) in [4.78, 5) is 7.43. The number of halogens is 1. The van der Waals surface area contributed by atoms with E-state index < -0.39 is 0 Å². The summed E-state index contributed by atoms with van der Waals surface area (Å²) < 4.78 is 13.6. The first-order valence-corrected chi connectivity index (χ1v) is 5.70. The van der Waals surface area contributed by atoms with Crippen LogP contribution >= 0.6 is 0 Å². The molecule has 0 atom stereocenters. The lowest BCUT2D eigenvalue weighted by Gasteiger charge is -1.99. The van der Waals surface area contributed by atoms with Crippen LogP contribution in [0.2, 0.25) is 0 Å². The van der Waals surface area contributed by atoms with E-state index >= 15 is 0 Å². The van der Waals surface area contributed by atoms with E-state index in [4.69, 9.17) is 5.73 Å². The minimum Gasteiger partial charge on any atom is -0.353 e. The summed E-state index contributed by atoms with van der Waals surface area (Å²) in [6.07, 6.45) is 1.71. The maximum Gasteiger partial charge on any atom is 0.132 e. The molecule has 0 saturated heterocycles. The summed E-state index contributed by atoms with van der Waals surface area (Å²) >= 11 is 0. The van der Waals surface area contributed by atoms with Crippen LogP contribution in [0.25, 0.3) is 22.3 Å². The lowest BCUT2D eigenvalue weighted by molar-refractivity contribution is 0.640. The monoisotopic (exact) mass is 241 g/mol. The fraction of sp³-hybridized carbons (Fsp3) is 0.0714. The highest BCUT2D eigenvalue weighted by atomic mass is 19.1. The molecule has 0 aliphatic rings. The summed E-state index contributed by atoms with van der Waals surface area (Å²) in [5.41, 5.74) is 8.93. The molecule has 0 unspecified atom stereocenters. The second-order valence-corrected chi connectivity index (χ2v) is 4.14. The van der Waals surface area contributed by atoms with Crippen molar-refractivity contribution >= 4 is 10.9 Å². The van der Waals surface area contributed by atoms with Crippen molar-refractivity contribution in [3.63, 3.8) is 0 Å². The molecular weight excluding hydrogens is 229 g/mol. The van der Waals surface area contributed by atoms with Crippen LogP contribution in [0, 0.1) is 5.82 Å². The van der Waals surface area contributed by atoms with Crippen LogP contribution in [-0.2, 0) is 6.54 Å². The summed E-state index contributed by atoms with van der Waals surface area (Å²) in [5.74, 6) is -0.232. The number of hydrogen-bond donors (Lipinski definition) is 2. The molecule has 0 spiro atoms. The fourth-order valence-corrected chi connectivity index (χ4v) is 2.00. The number of nitrogens with two attached hydrogens (primary N) is 1. The van der Waals surface area contributed by atoms with Crippen molar-refractivity contribution in [2.24, 2.45) is 5.73 Å². The maximum atomic E-state index is 13.6. The minimum atomic E-state index is -0.232. The smallest absolute Gasteiger partial charge is 0.132 e. The number of nitrogens with zero attached hydrogens (tertiary/aromatic N) is 1. The van der Waals surface area contributed by atoms with Gasteiger partial charge in [-0.25, -0.2) is 4.39 Å². The van der Waals surface area contributed by atoms with E-state index in [9.17, 15) is 4.39 Å². The third-order valence-electron chi connectivity index (χ3n) is 2.95. The van der Waals surface area contributed by atoms with E-state index in [-0.39, 0.29) is 5.82 Å². The van der Waals surface area contributed by atoms with Crippen LogP contribution in [0.5, 0.6) is 0 Å². The molecule has 0 amide bonds. The molecule has 0 bridgehead atoms. The number of pyridine rings is 1. The van der Waals surface area contributed by atoms with Crippen molar-refractivity contribution in [3.05, 3.63) is 54.0 Å². The Morgan fingerprint density at radius 2 is 2.11 bits per heavy atom. The zero-order chi connectivity index (χ0) is 12.5. The minimum absolute atomic E-state index is 0.232. The Morgan fingerprint density at radius 3 is 2.89 bits per heavy atom. The van der Waals surface area contributed by atoms with Crippen LogP contribution in [-0.4, -0.2) is 9.97 Å². The maximum absolute atomic E-state index is 13.6. The zero-order valence-corrected chi connectivity index (χ0v) is 9.65. The van der Waals surface area contributed by atoms with Crippen molar-refractivity contribution in [1.29, 1.82) is 0 Å². The van der Waals surface area contributed by atoms with Gasteiger partial charge >= 0.3 is 0 Å². The number of aromatic amines is 1. The normalized spacial score (nSPS) is 11.0. The Morgan fingerprint density at radius 1 is 1.22 bits per heavy atom. The Hall–Kier alpha value is -2.20. The summed E-state index contributed by atoms with van der Waals surface area (Å²) in [5, 5.41) is 0.576. The van der Waals surface area contributed by atoms with Gasteiger partial charge < -0.3 is 10.7 Å². The van der Waals surface area contributed by atoms with Crippen molar-refractivity contribution in [2.75, 3.05) is 0 Å². The van der Waals surface area contributed by atoms with E-state index in [0.29, 0.717) is 11.9 Å². The Balaban J connectivity index is 2.16. The molecule has 2 heterocycles. The molecule has 3 N–H and O–H groups in total. The van der Waals surface area contributed by atoms with Crippen molar-refractivity contribution in [3.8, 4) is 11.4 Å². The predicted octanol–water partition coefficient (Wildman–Crippen LogP) is 2.83. The standard InChI is InChI=1S/C14H12FN3/c15-11-2-1-3-12-10(11)7-14(18-12)13-6-9(8-16)4-5-17-13/h1-7,18H,8,16H2. The molecule has 0 radical (unpaired) electrons. The van der Waals surface area contributed by atoms with Crippen LogP contribution < -0.4 is 5.73 Å². The van der Waals surface area contributed by atoms with Crippen molar-refractivity contribution in [1.82, 2.24) is 9.97 Å². The molecule has 0 aliphatic carbocycles. The lowest BCUT2D eigenvalue weighted by atomic mass is 10.2. The Bertz CT molecular complexity index is 703. The highest BCUT2D eigenvalue weighted by molar-refractivity contribution is 5.85. The number of fused-ring (bicyclic) bond motifs is 1. The summed E-state index contributed by atoms with van der Waals surface area (Å²) in [7, 11) is 0. The van der Waals surface area contributed by atoms with Crippen LogP contribution in [0.3, 0.4) is 0 Å². The third-order valence-corrected chi connectivity index (χ3v) is 2.95. The fourth-order valence-electron chi connectivity index (χ4n) is 2.00. The van der Waals surface area contributed by atoms with Gasteiger partial charge in [0.15, 0.2) is 0 Å². The van der Waals surface area contributed by atoms with Gasteiger partial charge in [-0.2, -0.15) is 0 Å². The molecule has 2 aromatic heterocycles. The van der Waals surface area contributed by atoms with Gasteiger partial charge in [0.05, 0.1) is 11.4 Å². The Kier molecular flexibility index (Phi) is 2.57. The highest BCUT2D eigenvalue weighted by Crippen LogP contribution is 2.24. The second kappa shape index (κ2) is 4.23. The number of benzene rings is 1. The summed E-state index contributed by atoms with van der Waals surface area (Å²) in [6.45, 7) is 0.462. The molecule has 18 heavy (non-hydrogen) atoms. The largest absolute Gasteiger partial charge is 0.353 e. The van der Waals surface area contributed by atoms with Gasteiger partial charge in [0, 0.05) is 23.6 Å². The second-order valence-electron chi connectivity index (χ2n) is 4.14. The molecule has 1 aromatic carbocycles. The van der Waals surface area contributed by atoms with E-state index in [0.717, 1.165) is 22.5 Å². The molecular formula is C14H12FN3. The van der Waals surface area contributed by atoms with Crippen LogP contribution in [0.15, 0.2) is 42.6 Å². The average Bonchev–Trinajstić information content (AvgIpc) is 2.84. The quantitative estimate of drug-likeness (QED) is 0.724. The van der Waals surface area contributed by atoms with Gasteiger partial charge in [0.1, 0.15) is 5.82 Å². The third kappa shape index (κ3) is 1.76. The molecule has 0 saturated carbocycles. The van der Waals surface area contributed by atoms with Gasteiger partial charge in [-0.3, -0.25) is 4.98 Å². The average molecular weight is 241 g/mol. The van der Waals surface area contributed by atoms with Crippen LogP contribution in [0.1, 0.15) is 5.56 Å². The lowest BCUT2D eigenvalue weighted by Crippen LogP contribution is -1.97.